The number of hydrazone groups is 1. The molecule has 2 rings (SSSR count). The molecule has 0 aromatic heterocycles. The quantitative estimate of drug-likeness (QED) is 0.493. The van der Waals surface area contributed by atoms with Gasteiger partial charge in [0.05, 0.1) is 21.3 Å². The summed E-state index contributed by atoms with van der Waals surface area (Å²) in [4.78, 5) is 0.0237. The fraction of sp³-hybridized carbons (Fsp3) is 0. The number of nitrogens with zero attached hydrogens (tertiary/aromatic N) is 1. The maximum absolute atomic E-state index is 11.1. The van der Waals surface area contributed by atoms with Crippen LogP contribution in [-0.2, 0) is 10.0 Å². The SMILES string of the molecule is NS(=O)(=O)c1ccc(N/N=C/c2cc(Br)cc(Br)c2O)cc1. The number of aromatic hydroxyl groups is 1. The molecule has 0 atom stereocenters. The lowest BCUT2D eigenvalue weighted by molar-refractivity contribution is 0.471. The molecule has 116 valence electrons. The van der Waals surface area contributed by atoms with Gasteiger partial charge < -0.3 is 5.11 Å². The normalized spacial score (nSPS) is 11.8. The molecule has 0 heterocycles. The third-order valence-corrected chi connectivity index (χ3v) is 4.63. The molecule has 0 amide bonds. The van der Waals surface area contributed by atoms with E-state index in [9.17, 15) is 13.5 Å². The number of anilines is 1. The van der Waals surface area contributed by atoms with E-state index in [1.807, 2.05) is 0 Å². The molecule has 4 N–H and O–H groups in total. The molecule has 22 heavy (non-hydrogen) atoms. The highest BCUT2D eigenvalue weighted by molar-refractivity contribution is 9.11. The largest absolute Gasteiger partial charge is 0.506 e. The van der Waals surface area contributed by atoms with Gasteiger partial charge in [0.2, 0.25) is 10.0 Å². The predicted molar refractivity (Wildman–Crippen MR) is 92.5 cm³/mol. The molecule has 9 heteroatoms. The van der Waals surface area contributed by atoms with Crippen LogP contribution in [0.25, 0.3) is 0 Å². The van der Waals surface area contributed by atoms with E-state index in [1.165, 1.54) is 30.5 Å². The Labute approximate surface area is 144 Å². The number of sulfonamides is 1. The average molecular weight is 449 g/mol. The molecule has 0 aliphatic carbocycles. The molecule has 0 fully saturated rings. The molecule has 0 unspecified atom stereocenters. The zero-order valence-electron chi connectivity index (χ0n) is 11.0. The van der Waals surface area contributed by atoms with Gasteiger partial charge in [-0.15, -0.1) is 0 Å². The van der Waals surface area contributed by atoms with Gasteiger partial charge in [-0.3, -0.25) is 5.43 Å². The first-order valence-corrected chi connectivity index (χ1v) is 9.00. The van der Waals surface area contributed by atoms with Crippen LogP contribution in [0, 0.1) is 0 Å². The minimum atomic E-state index is -3.71. The third-order valence-electron chi connectivity index (χ3n) is 2.64. The van der Waals surface area contributed by atoms with Gasteiger partial charge in [0, 0.05) is 10.0 Å². The second-order valence-corrected chi connectivity index (χ2v) is 7.60. The minimum absolute atomic E-state index is 0.0237. The van der Waals surface area contributed by atoms with Crippen molar-refractivity contribution in [3.05, 3.63) is 50.9 Å². The number of halogens is 2. The molecular weight excluding hydrogens is 438 g/mol. The van der Waals surface area contributed by atoms with Gasteiger partial charge in [0.1, 0.15) is 5.75 Å². The lowest BCUT2D eigenvalue weighted by Crippen LogP contribution is -2.11. The fourth-order valence-corrected chi connectivity index (χ4v) is 3.35. The highest BCUT2D eigenvalue weighted by Gasteiger charge is 2.07. The topological polar surface area (TPSA) is 105 Å². The number of benzene rings is 2. The number of hydrogen-bond acceptors (Lipinski definition) is 5. The summed E-state index contributed by atoms with van der Waals surface area (Å²) in [5.41, 5.74) is 3.82. The van der Waals surface area contributed by atoms with Crippen LogP contribution in [0.2, 0.25) is 0 Å². The average Bonchev–Trinajstić information content (AvgIpc) is 2.43. The van der Waals surface area contributed by atoms with Crippen LogP contribution in [0.5, 0.6) is 5.75 Å². The first-order chi connectivity index (χ1) is 10.3. The Hall–Kier alpha value is -1.42. The first-order valence-electron chi connectivity index (χ1n) is 5.87. The number of nitrogens with two attached hydrogens (primary N) is 1. The minimum Gasteiger partial charge on any atom is -0.506 e. The number of phenols is 1. The first kappa shape index (κ1) is 16.9. The maximum Gasteiger partial charge on any atom is 0.238 e. The van der Waals surface area contributed by atoms with Crippen molar-refractivity contribution < 1.29 is 13.5 Å². The molecular formula is C13H11Br2N3O3S. The van der Waals surface area contributed by atoms with E-state index in [0.29, 0.717) is 15.7 Å². The van der Waals surface area contributed by atoms with Gasteiger partial charge in [0.25, 0.3) is 0 Å². The molecule has 6 nitrogen and oxygen atoms in total. The van der Waals surface area contributed by atoms with E-state index in [2.05, 4.69) is 42.4 Å². The predicted octanol–water partition coefficient (Wildman–Crippen LogP) is 3.01. The molecule has 0 bridgehead atoms. The highest BCUT2D eigenvalue weighted by Crippen LogP contribution is 2.30. The summed E-state index contributed by atoms with van der Waals surface area (Å²) in [6, 6.07) is 9.24. The lowest BCUT2D eigenvalue weighted by atomic mass is 10.2. The van der Waals surface area contributed by atoms with E-state index in [1.54, 1.807) is 12.1 Å². The van der Waals surface area contributed by atoms with Crippen molar-refractivity contribution in [2.75, 3.05) is 5.43 Å². The molecule has 0 saturated carbocycles. The van der Waals surface area contributed by atoms with Crippen LogP contribution in [-0.4, -0.2) is 19.7 Å². The highest BCUT2D eigenvalue weighted by atomic mass is 79.9. The summed E-state index contributed by atoms with van der Waals surface area (Å²) < 4.78 is 23.6. The Kier molecular flexibility index (Phi) is 5.22. The van der Waals surface area contributed by atoms with E-state index < -0.39 is 10.0 Å². The summed E-state index contributed by atoms with van der Waals surface area (Å²) in [5, 5.41) is 18.9. The van der Waals surface area contributed by atoms with Crippen LogP contribution in [0.15, 0.2) is 55.3 Å². The van der Waals surface area contributed by atoms with Gasteiger partial charge >= 0.3 is 0 Å². The molecule has 0 saturated heterocycles. The Bertz CT molecular complexity index is 821. The summed E-state index contributed by atoms with van der Waals surface area (Å²) in [5.74, 6) is 0.0679. The van der Waals surface area contributed by atoms with Crippen molar-refractivity contribution in [1.82, 2.24) is 0 Å². The Balaban J connectivity index is 2.13. The molecule has 0 radical (unpaired) electrons. The number of phenolic OH excluding ortho intramolecular Hbond substituents is 1. The number of rotatable bonds is 4. The van der Waals surface area contributed by atoms with Crippen molar-refractivity contribution >= 4 is 53.8 Å². The van der Waals surface area contributed by atoms with Crippen molar-refractivity contribution in [1.29, 1.82) is 0 Å². The van der Waals surface area contributed by atoms with Gasteiger partial charge in [-0.2, -0.15) is 5.10 Å². The standard InChI is InChI=1S/C13H11Br2N3O3S/c14-9-5-8(13(19)12(15)6-9)7-17-18-10-1-3-11(4-2-10)22(16,20)21/h1-7,18-19H,(H2,16,20,21)/b17-7+. The van der Waals surface area contributed by atoms with Crippen LogP contribution in [0.4, 0.5) is 5.69 Å². The Morgan fingerprint density at radius 1 is 1.18 bits per heavy atom. The fourth-order valence-electron chi connectivity index (χ4n) is 1.58. The maximum atomic E-state index is 11.1. The van der Waals surface area contributed by atoms with Crippen molar-refractivity contribution in [2.45, 2.75) is 4.90 Å². The van der Waals surface area contributed by atoms with Gasteiger partial charge in [-0.1, -0.05) is 15.9 Å². The molecule has 0 aliphatic heterocycles. The second kappa shape index (κ2) is 6.78. The van der Waals surface area contributed by atoms with E-state index in [-0.39, 0.29) is 10.6 Å². The van der Waals surface area contributed by atoms with Crippen LogP contribution in [0.3, 0.4) is 0 Å². The van der Waals surface area contributed by atoms with Crippen molar-refractivity contribution in [3.8, 4) is 5.75 Å². The molecule has 2 aromatic carbocycles. The van der Waals surface area contributed by atoms with Gasteiger partial charge in [-0.25, -0.2) is 13.6 Å². The van der Waals surface area contributed by atoms with Crippen molar-refractivity contribution in [2.24, 2.45) is 10.2 Å². The van der Waals surface area contributed by atoms with Crippen LogP contribution < -0.4 is 10.6 Å². The molecule has 0 spiro atoms. The molecule has 2 aromatic rings. The summed E-state index contributed by atoms with van der Waals surface area (Å²) in [6.07, 6.45) is 1.44. The number of nitrogens with one attached hydrogen (secondary N) is 1. The van der Waals surface area contributed by atoms with E-state index >= 15 is 0 Å². The van der Waals surface area contributed by atoms with Crippen LogP contribution in [0.1, 0.15) is 5.56 Å². The zero-order valence-corrected chi connectivity index (χ0v) is 15.0. The zero-order chi connectivity index (χ0) is 16.3. The Morgan fingerprint density at radius 2 is 1.82 bits per heavy atom. The van der Waals surface area contributed by atoms with Crippen LogP contribution >= 0.6 is 31.9 Å². The van der Waals surface area contributed by atoms with Crippen molar-refractivity contribution in [3.63, 3.8) is 0 Å². The lowest BCUT2D eigenvalue weighted by Gasteiger charge is -2.04. The van der Waals surface area contributed by atoms with E-state index in [0.717, 1.165) is 4.47 Å². The summed E-state index contributed by atoms with van der Waals surface area (Å²) >= 11 is 6.55. The summed E-state index contributed by atoms with van der Waals surface area (Å²) in [7, 11) is -3.71. The van der Waals surface area contributed by atoms with Gasteiger partial charge in [-0.05, 0) is 52.3 Å². The smallest absolute Gasteiger partial charge is 0.238 e. The molecule has 0 aliphatic rings. The number of hydrogen-bond donors (Lipinski definition) is 3. The monoisotopic (exact) mass is 447 g/mol. The number of primary sulfonamides is 1. The van der Waals surface area contributed by atoms with Gasteiger partial charge in [0.15, 0.2) is 0 Å². The van der Waals surface area contributed by atoms with E-state index in [4.69, 9.17) is 5.14 Å². The second-order valence-electron chi connectivity index (χ2n) is 4.26. The Morgan fingerprint density at radius 3 is 2.41 bits per heavy atom. The third kappa shape index (κ3) is 4.29. The summed E-state index contributed by atoms with van der Waals surface area (Å²) in [6.45, 7) is 0.